The van der Waals surface area contributed by atoms with Crippen LogP contribution in [0.1, 0.15) is 43.7 Å². The Morgan fingerprint density at radius 3 is 2.79 bits per heavy atom. The van der Waals surface area contributed by atoms with Gasteiger partial charge < -0.3 is 4.74 Å². The zero-order valence-corrected chi connectivity index (χ0v) is 11.8. The minimum Gasteiger partial charge on any atom is -0.381 e. The second kappa shape index (κ2) is 6.73. The minimum atomic E-state index is -0.208. The molecule has 0 bridgehead atoms. The molecule has 0 aliphatic heterocycles. The SMILES string of the molecule is CCCCOCCC1(C#N)CCc2ccccc2C1. The maximum atomic E-state index is 9.56. The van der Waals surface area contributed by atoms with Crippen molar-refractivity contribution in [2.45, 2.75) is 45.4 Å². The van der Waals surface area contributed by atoms with Gasteiger partial charge in [-0.2, -0.15) is 5.26 Å². The lowest BCUT2D eigenvalue weighted by Gasteiger charge is -2.32. The fourth-order valence-corrected chi connectivity index (χ4v) is 2.78. The van der Waals surface area contributed by atoms with E-state index >= 15 is 0 Å². The lowest BCUT2D eigenvalue weighted by Crippen LogP contribution is -2.29. The van der Waals surface area contributed by atoms with Gasteiger partial charge in [-0.3, -0.25) is 0 Å². The molecule has 0 radical (unpaired) electrons. The second-order valence-corrected chi connectivity index (χ2v) is 5.55. The number of hydrogen-bond donors (Lipinski definition) is 0. The molecule has 1 aromatic carbocycles. The van der Waals surface area contributed by atoms with Crippen molar-refractivity contribution >= 4 is 0 Å². The summed E-state index contributed by atoms with van der Waals surface area (Å²) in [6, 6.07) is 11.1. The quantitative estimate of drug-likeness (QED) is 0.724. The fraction of sp³-hybridized carbons (Fsp3) is 0.588. The Hall–Kier alpha value is -1.33. The van der Waals surface area contributed by atoms with Crippen molar-refractivity contribution in [1.82, 2.24) is 0 Å². The van der Waals surface area contributed by atoms with E-state index in [1.807, 2.05) is 0 Å². The smallest absolute Gasteiger partial charge is 0.0694 e. The van der Waals surface area contributed by atoms with E-state index in [0.29, 0.717) is 0 Å². The van der Waals surface area contributed by atoms with Gasteiger partial charge in [0.2, 0.25) is 0 Å². The van der Waals surface area contributed by atoms with Crippen LogP contribution in [0.25, 0.3) is 0 Å². The highest BCUT2D eigenvalue weighted by molar-refractivity contribution is 5.32. The molecule has 1 atom stereocenters. The summed E-state index contributed by atoms with van der Waals surface area (Å²) in [5, 5.41) is 9.56. The molecule has 0 heterocycles. The molecule has 0 amide bonds. The number of unbranched alkanes of at least 4 members (excludes halogenated alkanes) is 1. The number of ether oxygens (including phenoxy) is 1. The van der Waals surface area contributed by atoms with Crippen LogP contribution in [0.15, 0.2) is 24.3 Å². The summed E-state index contributed by atoms with van der Waals surface area (Å²) >= 11 is 0. The Morgan fingerprint density at radius 1 is 1.26 bits per heavy atom. The van der Waals surface area contributed by atoms with Crippen molar-refractivity contribution in [3.63, 3.8) is 0 Å². The van der Waals surface area contributed by atoms with Crippen LogP contribution >= 0.6 is 0 Å². The Morgan fingerprint density at radius 2 is 2.05 bits per heavy atom. The number of nitrogens with zero attached hydrogens (tertiary/aromatic N) is 1. The van der Waals surface area contributed by atoms with Crippen LogP contribution in [0.4, 0.5) is 0 Å². The number of benzene rings is 1. The Bertz CT molecular complexity index is 449. The largest absolute Gasteiger partial charge is 0.381 e. The Balaban J connectivity index is 1.92. The molecule has 1 aromatic rings. The van der Waals surface area contributed by atoms with Crippen molar-refractivity contribution in [1.29, 1.82) is 5.26 Å². The number of hydrogen-bond acceptors (Lipinski definition) is 2. The van der Waals surface area contributed by atoms with Gasteiger partial charge in [-0.1, -0.05) is 37.6 Å². The molecular weight excluding hydrogens is 234 g/mol. The first-order valence-electron chi connectivity index (χ1n) is 7.35. The van der Waals surface area contributed by atoms with Crippen LogP contribution in [-0.2, 0) is 17.6 Å². The van der Waals surface area contributed by atoms with Crippen LogP contribution in [0, 0.1) is 16.7 Å². The summed E-state index contributed by atoms with van der Waals surface area (Å²) in [4.78, 5) is 0. The molecule has 0 N–H and O–H groups in total. The summed E-state index contributed by atoms with van der Waals surface area (Å²) in [5.41, 5.74) is 2.56. The lowest BCUT2D eigenvalue weighted by atomic mass is 9.71. The molecule has 0 spiro atoms. The highest BCUT2D eigenvalue weighted by atomic mass is 16.5. The third-order valence-electron chi connectivity index (χ3n) is 4.12. The van der Waals surface area contributed by atoms with E-state index < -0.39 is 0 Å². The number of fused-ring (bicyclic) bond motifs is 1. The first-order valence-corrected chi connectivity index (χ1v) is 7.35. The average molecular weight is 257 g/mol. The maximum absolute atomic E-state index is 9.56. The number of nitriles is 1. The first kappa shape index (κ1) is 14.1. The van der Waals surface area contributed by atoms with Crippen LogP contribution in [0.2, 0.25) is 0 Å². The van der Waals surface area contributed by atoms with Gasteiger partial charge in [-0.25, -0.2) is 0 Å². The van der Waals surface area contributed by atoms with E-state index in [4.69, 9.17) is 4.74 Å². The average Bonchev–Trinajstić information content (AvgIpc) is 2.47. The van der Waals surface area contributed by atoms with E-state index in [2.05, 4.69) is 37.3 Å². The molecule has 0 saturated carbocycles. The van der Waals surface area contributed by atoms with Crippen molar-refractivity contribution in [2.24, 2.45) is 5.41 Å². The van der Waals surface area contributed by atoms with E-state index in [1.165, 1.54) is 11.1 Å². The zero-order chi connectivity index (χ0) is 13.6. The molecule has 102 valence electrons. The summed E-state index contributed by atoms with van der Waals surface area (Å²) < 4.78 is 5.64. The predicted octanol–water partition coefficient (Wildman–Crippen LogP) is 3.89. The molecule has 0 aromatic heterocycles. The standard InChI is InChI=1S/C17H23NO/c1-2-3-11-19-12-10-17(14-18)9-8-15-6-4-5-7-16(15)13-17/h4-7H,2-3,8-13H2,1H3. The van der Waals surface area contributed by atoms with E-state index in [1.54, 1.807) is 0 Å². The Kier molecular flexibility index (Phi) is 4.99. The van der Waals surface area contributed by atoms with Crippen LogP contribution in [0.3, 0.4) is 0 Å². The summed E-state index contributed by atoms with van der Waals surface area (Å²) in [7, 11) is 0. The monoisotopic (exact) mass is 257 g/mol. The summed E-state index contributed by atoms with van der Waals surface area (Å²) in [6.45, 7) is 3.71. The third kappa shape index (κ3) is 3.58. The van der Waals surface area contributed by atoms with Crippen molar-refractivity contribution in [2.75, 3.05) is 13.2 Å². The molecule has 1 unspecified atom stereocenters. The van der Waals surface area contributed by atoms with Crippen molar-refractivity contribution < 1.29 is 4.74 Å². The molecule has 1 aliphatic carbocycles. The zero-order valence-electron chi connectivity index (χ0n) is 11.8. The Labute approximate surface area is 116 Å². The van der Waals surface area contributed by atoms with Gasteiger partial charge in [0.25, 0.3) is 0 Å². The molecule has 1 aliphatic rings. The van der Waals surface area contributed by atoms with Gasteiger partial charge in [0.05, 0.1) is 11.5 Å². The van der Waals surface area contributed by atoms with Crippen LogP contribution in [0.5, 0.6) is 0 Å². The second-order valence-electron chi connectivity index (χ2n) is 5.55. The van der Waals surface area contributed by atoms with Crippen LogP contribution in [-0.4, -0.2) is 13.2 Å². The van der Waals surface area contributed by atoms with Crippen molar-refractivity contribution in [3.05, 3.63) is 35.4 Å². The lowest BCUT2D eigenvalue weighted by molar-refractivity contribution is 0.102. The third-order valence-corrected chi connectivity index (χ3v) is 4.12. The van der Waals surface area contributed by atoms with E-state index in [0.717, 1.165) is 51.7 Å². The molecule has 0 saturated heterocycles. The molecule has 2 nitrogen and oxygen atoms in total. The molecule has 0 fully saturated rings. The highest BCUT2D eigenvalue weighted by Crippen LogP contribution is 2.37. The topological polar surface area (TPSA) is 33.0 Å². The summed E-state index contributed by atoms with van der Waals surface area (Å²) in [6.07, 6.45) is 6.02. The molecular formula is C17H23NO. The van der Waals surface area contributed by atoms with E-state index in [9.17, 15) is 5.26 Å². The molecule has 19 heavy (non-hydrogen) atoms. The normalized spacial score (nSPS) is 21.7. The molecule has 2 heteroatoms. The van der Waals surface area contributed by atoms with Gasteiger partial charge in [-0.05, 0) is 43.2 Å². The number of rotatable bonds is 6. The minimum absolute atomic E-state index is 0.208. The first-order chi connectivity index (χ1) is 9.29. The van der Waals surface area contributed by atoms with Gasteiger partial charge in [0.1, 0.15) is 0 Å². The van der Waals surface area contributed by atoms with Crippen molar-refractivity contribution in [3.8, 4) is 6.07 Å². The summed E-state index contributed by atoms with van der Waals surface area (Å²) in [5.74, 6) is 0. The number of aryl methyl sites for hydroxylation is 1. The van der Waals surface area contributed by atoms with E-state index in [-0.39, 0.29) is 5.41 Å². The fourth-order valence-electron chi connectivity index (χ4n) is 2.78. The highest BCUT2D eigenvalue weighted by Gasteiger charge is 2.34. The van der Waals surface area contributed by atoms with Gasteiger partial charge in [0.15, 0.2) is 0 Å². The van der Waals surface area contributed by atoms with Crippen LogP contribution < -0.4 is 0 Å². The maximum Gasteiger partial charge on any atom is 0.0694 e. The predicted molar refractivity (Wildman–Crippen MR) is 76.9 cm³/mol. The molecule has 2 rings (SSSR count). The van der Waals surface area contributed by atoms with Gasteiger partial charge >= 0.3 is 0 Å². The van der Waals surface area contributed by atoms with Gasteiger partial charge in [0, 0.05) is 13.2 Å². The van der Waals surface area contributed by atoms with Gasteiger partial charge in [-0.15, -0.1) is 0 Å².